The largest absolute Gasteiger partial charge is 0.480 e. The minimum absolute atomic E-state index is 0.154. The normalized spacial score (nSPS) is 18.9. The number of likely N-dealkylation sites (tertiary alicyclic amines) is 1. The number of carboxylic acid groups (broad SMARTS) is 1. The molecule has 0 aromatic heterocycles. The molecule has 39 heavy (non-hydrogen) atoms. The van der Waals surface area contributed by atoms with Gasteiger partial charge >= 0.3 is 12.1 Å². The van der Waals surface area contributed by atoms with Crippen LogP contribution in [0.4, 0.5) is 4.79 Å². The number of carbonyl (C=O) groups excluding carboxylic acids is 2. The Balaban J connectivity index is 1.60. The van der Waals surface area contributed by atoms with Gasteiger partial charge in [-0.3, -0.25) is 9.69 Å². The van der Waals surface area contributed by atoms with Crippen molar-refractivity contribution in [1.29, 1.82) is 0 Å². The molecule has 2 atom stereocenters. The highest BCUT2D eigenvalue weighted by Crippen LogP contribution is 2.27. The average Bonchev–Trinajstić information content (AvgIpc) is 3.35. The van der Waals surface area contributed by atoms with Crippen LogP contribution in [0.5, 0.6) is 5.75 Å². The Kier molecular flexibility index (Phi) is 8.88. The van der Waals surface area contributed by atoms with Crippen LogP contribution in [0.2, 0.25) is 0 Å². The highest BCUT2D eigenvalue weighted by Gasteiger charge is 2.44. The lowest BCUT2D eigenvalue weighted by molar-refractivity contribution is -0.147. The van der Waals surface area contributed by atoms with Gasteiger partial charge in [-0.05, 0) is 63.2 Å². The van der Waals surface area contributed by atoms with Crippen LogP contribution in [-0.4, -0.2) is 97.6 Å². The van der Waals surface area contributed by atoms with Crippen LogP contribution in [0.25, 0.3) is 0 Å². The first-order valence-corrected chi connectivity index (χ1v) is 14.2. The molecule has 2 amide bonds. The van der Waals surface area contributed by atoms with Gasteiger partial charge in [-0.1, -0.05) is 29.8 Å². The van der Waals surface area contributed by atoms with E-state index in [1.165, 1.54) is 29.2 Å². The van der Waals surface area contributed by atoms with Crippen molar-refractivity contribution in [1.82, 2.24) is 14.1 Å². The first-order chi connectivity index (χ1) is 18.6. The number of nitrogens with zero attached hydrogens (tertiary/aromatic N) is 3. The Morgan fingerprint density at radius 1 is 1.05 bits per heavy atom. The smallest absolute Gasteiger partial charge is 0.415 e. The van der Waals surface area contributed by atoms with E-state index in [4.69, 9.17) is 9.47 Å². The number of aliphatic carboxylic acids is 1. The molecule has 2 saturated heterocycles. The number of sulfonamides is 1. The van der Waals surface area contributed by atoms with Gasteiger partial charge in [0, 0.05) is 19.5 Å². The second-order valence-corrected chi connectivity index (χ2v) is 11.6. The molecule has 4 rings (SSSR count). The third kappa shape index (κ3) is 6.57. The molecule has 2 heterocycles. The van der Waals surface area contributed by atoms with Crippen LogP contribution < -0.4 is 4.74 Å². The number of carboxylic acids is 1. The summed E-state index contributed by atoms with van der Waals surface area (Å²) in [5.74, 6) is -1.95. The molecular formula is C27H33N3O8S. The van der Waals surface area contributed by atoms with Gasteiger partial charge in [-0.2, -0.15) is 0 Å². The number of hydrogen-bond donors (Lipinski definition) is 1. The molecular weight excluding hydrogens is 526 g/mol. The van der Waals surface area contributed by atoms with Crippen molar-refractivity contribution in [3.63, 3.8) is 0 Å². The molecule has 1 N–H and O–H groups in total. The number of aryl methyl sites for hydroxylation is 1. The maximum atomic E-state index is 13.8. The molecule has 0 aliphatic carbocycles. The third-order valence-electron chi connectivity index (χ3n) is 7.00. The topological polar surface area (TPSA) is 134 Å². The number of rotatable bonds is 8. The molecule has 0 radical (unpaired) electrons. The Bertz CT molecular complexity index is 1290. The van der Waals surface area contributed by atoms with E-state index in [0.29, 0.717) is 55.6 Å². The fraction of sp³-hybridized carbons (Fsp3) is 0.444. The van der Waals surface area contributed by atoms with Gasteiger partial charge < -0.3 is 19.5 Å². The number of likely N-dealkylation sites (N-methyl/N-ethyl adjacent to an activating group) is 1. The van der Waals surface area contributed by atoms with Crippen LogP contribution in [0.3, 0.4) is 0 Å². The van der Waals surface area contributed by atoms with Crippen molar-refractivity contribution < 1.29 is 37.4 Å². The van der Waals surface area contributed by atoms with Crippen molar-refractivity contribution in [2.75, 3.05) is 39.9 Å². The fourth-order valence-electron chi connectivity index (χ4n) is 4.73. The Hall–Kier alpha value is -3.48. The number of morpholine rings is 1. The van der Waals surface area contributed by atoms with Crippen molar-refractivity contribution in [2.24, 2.45) is 0 Å². The van der Waals surface area contributed by atoms with E-state index in [-0.39, 0.29) is 17.1 Å². The molecule has 2 aromatic rings. The Labute approximate surface area is 227 Å². The average molecular weight is 560 g/mol. The first-order valence-electron chi connectivity index (χ1n) is 12.8. The zero-order valence-corrected chi connectivity index (χ0v) is 22.8. The number of carbonyl (C=O) groups is 3. The molecule has 12 heteroatoms. The summed E-state index contributed by atoms with van der Waals surface area (Å²) in [7, 11) is -2.77. The monoisotopic (exact) mass is 559 g/mol. The van der Waals surface area contributed by atoms with E-state index in [2.05, 4.69) is 0 Å². The molecule has 0 saturated carbocycles. The van der Waals surface area contributed by atoms with E-state index < -0.39 is 40.1 Å². The zero-order valence-electron chi connectivity index (χ0n) is 22.0. The van der Waals surface area contributed by atoms with Crippen molar-refractivity contribution in [2.45, 2.75) is 43.2 Å². The summed E-state index contributed by atoms with van der Waals surface area (Å²) in [6, 6.07) is 9.67. The molecule has 0 bridgehead atoms. The highest BCUT2D eigenvalue weighted by molar-refractivity contribution is 7.89. The molecule has 210 valence electrons. The summed E-state index contributed by atoms with van der Waals surface area (Å²) >= 11 is 0. The summed E-state index contributed by atoms with van der Waals surface area (Å²) in [5.41, 5.74) is 1.29. The van der Waals surface area contributed by atoms with Crippen LogP contribution >= 0.6 is 0 Å². The summed E-state index contributed by atoms with van der Waals surface area (Å²) in [6.45, 7) is 4.12. The number of benzene rings is 2. The molecule has 0 spiro atoms. The summed E-state index contributed by atoms with van der Waals surface area (Å²) in [5, 5.41) is 10.2. The minimum atomic E-state index is -4.49. The highest BCUT2D eigenvalue weighted by atomic mass is 32.2. The number of ether oxygens (including phenoxy) is 2. The van der Waals surface area contributed by atoms with Gasteiger partial charge in [0.2, 0.25) is 0 Å². The van der Waals surface area contributed by atoms with Crippen molar-refractivity contribution >= 4 is 28.0 Å². The number of amides is 2. The molecule has 2 aliphatic rings. The summed E-state index contributed by atoms with van der Waals surface area (Å²) in [6.07, 6.45) is 0.356. The van der Waals surface area contributed by atoms with Crippen LogP contribution in [-0.2, 0) is 30.8 Å². The lowest BCUT2D eigenvalue weighted by Gasteiger charge is -2.32. The Morgan fingerprint density at radius 2 is 1.69 bits per heavy atom. The number of hydrogen-bond acceptors (Lipinski definition) is 8. The fourth-order valence-corrected chi connectivity index (χ4v) is 6.30. The van der Waals surface area contributed by atoms with E-state index in [1.54, 1.807) is 43.1 Å². The van der Waals surface area contributed by atoms with Gasteiger partial charge in [0.15, 0.2) is 0 Å². The predicted molar refractivity (Wildman–Crippen MR) is 141 cm³/mol. The molecule has 0 unspecified atom stereocenters. The van der Waals surface area contributed by atoms with Gasteiger partial charge in [-0.15, -0.1) is 0 Å². The maximum Gasteiger partial charge on any atom is 0.415 e. The van der Waals surface area contributed by atoms with E-state index in [0.717, 1.165) is 5.56 Å². The summed E-state index contributed by atoms with van der Waals surface area (Å²) in [4.78, 5) is 41.7. The molecule has 2 aliphatic heterocycles. The lowest BCUT2D eigenvalue weighted by Crippen LogP contribution is -2.54. The summed E-state index contributed by atoms with van der Waals surface area (Å²) < 4.78 is 38.7. The second kappa shape index (κ2) is 12.1. The van der Waals surface area contributed by atoms with Crippen LogP contribution in [0.1, 0.15) is 24.0 Å². The van der Waals surface area contributed by atoms with Crippen molar-refractivity contribution in [3.05, 3.63) is 59.7 Å². The van der Waals surface area contributed by atoms with Gasteiger partial charge in [-0.25, -0.2) is 22.3 Å². The zero-order chi connectivity index (χ0) is 28.2. The third-order valence-corrected chi connectivity index (χ3v) is 8.82. The lowest BCUT2D eigenvalue weighted by atomic mass is 10.0. The van der Waals surface area contributed by atoms with Gasteiger partial charge in [0.1, 0.15) is 11.8 Å². The first kappa shape index (κ1) is 28.5. The minimum Gasteiger partial charge on any atom is -0.480 e. The van der Waals surface area contributed by atoms with Gasteiger partial charge in [0.25, 0.3) is 15.9 Å². The van der Waals surface area contributed by atoms with E-state index >= 15 is 0 Å². The van der Waals surface area contributed by atoms with E-state index in [9.17, 15) is 27.9 Å². The second-order valence-electron chi connectivity index (χ2n) is 9.76. The predicted octanol–water partition coefficient (Wildman–Crippen LogP) is 2.13. The quantitative estimate of drug-likeness (QED) is 0.516. The SMILES string of the molecule is Cc1ccc(S(=O)(=O)N(C(=O)[C@@H]2CCCN2C)[C@H](Cc2ccc(OC(=O)N3CCOCC3)cc2)C(=O)O)cc1. The molecule has 2 aromatic carbocycles. The maximum absolute atomic E-state index is 13.8. The van der Waals surface area contributed by atoms with E-state index in [1.807, 2.05) is 0 Å². The van der Waals surface area contributed by atoms with Crippen LogP contribution in [0, 0.1) is 6.92 Å². The standard InChI is InChI=1S/C27H33N3O8S/c1-19-5-11-22(12-6-19)39(35,36)30(25(31)23-4-3-13-28(23)2)24(26(32)33)18-20-7-9-21(10-8-20)38-27(34)29-14-16-37-17-15-29/h5-12,23-24H,3-4,13-18H2,1-2H3,(H,32,33)/t23-,24+/m0/s1. The molecule has 11 nitrogen and oxygen atoms in total. The molecule has 2 fully saturated rings. The van der Waals surface area contributed by atoms with Crippen molar-refractivity contribution in [3.8, 4) is 5.75 Å². The van der Waals surface area contributed by atoms with Gasteiger partial charge in [0.05, 0.1) is 24.2 Å². The Morgan fingerprint density at radius 3 is 2.26 bits per heavy atom. The van der Waals surface area contributed by atoms with Crippen LogP contribution in [0.15, 0.2) is 53.4 Å².